The average molecular weight is 340 g/mol. The van der Waals surface area contributed by atoms with Gasteiger partial charge in [-0.1, -0.05) is 28.1 Å². The summed E-state index contributed by atoms with van der Waals surface area (Å²) in [6, 6.07) is 8.05. The second kappa shape index (κ2) is 6.85. The van der Waals surface area contributed by atoms with Gasteiger partial charge in [0.1, 0.15) is 0 Å². The molecule has 0 radical (unpaired) electrons. The lowest BCUT2D eigenvalue weighted by Crippen LogP contribution is -2.52. The Labute approximate surface area is 126 Å². The third kappa shape index (κ3) is 4.05. The summed E-state index contributed by atoms with van der Waals surface area (Å²) in [4.78, 5) is 24.8. The van der Waals surface area contributed by atoms with E-state index >= 15 is 0 Å². The Morgan fingerprint density at radius 2 is 2.35 bits per heavy atom. The molecule has 1 saturated heterocycles. The average Bonchev–Trinajstić information content (AvgIpc) is 2.44. The van der Waals surface area contributed by atoms with Gasteiger partial charge in [-0.05, 0) is 24.6 Å². The van der Waals surface area contributed by atoms with Crippen molar-refractivity contribution in [3.8, 4) is 0 Å². The summed E-state index contributed by atoms with van der Waals surface area (Å²) in [5, 5.41) is 5.90. The highest BCUT2D eigenvalue weighted by Gasteiger charge is 2.21. The number of nitrogens with zero attached hydrogens (tertiary/aromatic N) is 1. The molecule has 6 heteroatoms. The predicted octanol–water partition coefficient (Wildman–Crippen LogP) is 1.06. The Bertz CT molecular complexity index is 507. The van der Waals surface area contributed by atoms with Crippen LogP contribution in [0.4, 0.5) is 0 Å². The maximum atomic E-state index is 12.0. The van der Waals surface area contributed by atoms with Crippen molar-refractivity contribution in [2.24, 2.45) is 0 Å². The Balaban J connectivity index is 1.85. The maximum absolute atomic E-state index is 12.0. The molecular formula is C14H18BrN3O2. The van der Waals surface area contributed by atoms with Gasteiger partial charge in [0.2, 0.25) is 11.8 Å². The second-order valence-electron chi connectivity index (χ2n) is 4.82. The van der Waals surface area contributed by atoms with E-state index in [0.717, 1.165) is 10.0 Å². The molecule has 5 nitrogen and oxygen atoms in total. The number of hydrogen-bond acceptors (Lipinski definition) is 3. The minimum atomic E-state index is -0.0929. The first-order valence-corrected chi connectivity index (χ1v) is 7.39. The van der Waals surface area contributed by atoms with E-state index in [1.807, 2.05) is 31.2 Å². The highest BCUT2D eigenvalue weighted by atomic mass is 79.9. The topological polar surface area (TPSA) is 61.4 Å². The van der Waals surface area contributed by atoms with Crippen molar-refractivity contribution in [1.29, 1.82) is 0 Å². The molecule has 1 atom stereocenters. The molecule has 0 spiro atoms. The molecule has 1 heterocycles. The number of hydrogen-bond donors (Lipinski definition) is 2. The summed E-state index contributed by atoms with van der Waals surface area (Å²) >= 11 is 3.43. The van der Waals surface area contributed by atoms with Gasteiger partial charge in [-0.2, -0.15) is 0 Å². The van der Waals surface area contributed by atoms with Crippen molar-refractivity contribution in [2.45, 2.75) is 13.0 Å². The smallest absolute Gasteiger partial charge is 0.239 e. The molecule has 1 aromatic carbocycles. The lowest BCUT2D eigenvalue weighted by molar-refractivity contribution is -0.137. The van der Waals surface area contributed by atoms with Crippen LogP contribution < -0.4 is 10.6 Å². The van der Waals surface area contributed by atoms with Crippen LogP contribution in [0, 0.1) is 0 Å². The summed E-state index contributed by atoms with van der Waals surface area (Å²) in [6.07, 6.45) is 0. The minimum Gasteiger partial charge on any atom is -0.353 e. The molecule has 0 aliphatic carbocycles. The Hall–Kier alpha value is -1.40. The molecule has 0 bridgehead atoms. The van der Waals surface area contributed by atoms with Gasteiger partial charge in [-0.25, -0.2) is 0 Å². The van der Waals surface area contributed by atoms with E-state index in [1.54, 1.807) is 4.90 Å². The first-order valence-electron chi connectivity index (χ1n) is 6.59. The van der Waals surface area contributed by atoms with E-state index in [4.69, 9.17) is 0 Å². The van der Waals surface area contributed by atoms with Gasteiger partial charge in [-0.3, -0.25) is 9.59 Å². The largest absolute Gasteiger partial charge is 0.353 e. The zero-order valence-corrected chi connectivity index (χ0v) is 12.9. The number of piperazine rings is 1. The monoisotopic (exact) mass is 339 g/mol. The number of halogens is 1. The number of benzene rings is 1. The summed E-state index contributed by atoms with van der Waals surface area (Å²) in [6.45, 7) is 3.52. The van der Waals surface area contributed by atoms with Gasteiger partial charge in [-0.15, -0.1) is 0 Å². The van der Waals surface area contributed by atoms with Crippen molar-refractivity contribution >= 4 is 27.7 Å². The summed E-state index contributed by atoms with van der Waals surface area (Å²) in [5.41, 5.74) is 1.11. The lowest BCUT2D eigenvalue weighted by atomic mass is 10.1. The van der Waals surface area contributed by atoms with Crippen LogP contribution in [0.25, 0.3) is 0 Å². The zero-order valence-electron chi connectivity index (χ0n) is 11.4. The first kappa shape index (κ1) is 15.0. The van der Waals surface area contributed by atoms with E-state index < -0.39 is 0 Å². The lowest BCUT2D eigenvalue weighted by Gasteiger charge is -2.27. The Kier molecular flexibility index (Phi) is 5.14. The van der Waals surface area contributed by atoms with Crippen LogP contribution in [0.5, 0.6) is 0 Å². The molecule has 0 aromatic heterocycles. The van der Waals surface area contributed by atoms with E-state index in [1.165, 1.54) is 0 Å². The molecule has 2 rings (SSSR count). The van der Waals surface area contributed by atoms with E-state index in [9.17, 15) is 9.59 Å². The SMILES string of the molecule is C[C@H](NCC(=O)N1CCNC(=O)C1)c1cccc(Br)c1. The van der Waals surface area contributed by atoms with Gasteiger partial charge < -0.3 is 15.5 Å². The van der Waals surface area contributed by atoms with Crippen LogP contribution in [0.2, 0.25) is 0 Å². The molecule has 2 N–H and O–H groups in total. The van der Waals surface area contributed by atoms with Crippen LogP contribution in [-0.2, 0) is 9.59 Å². The van der Waals surface area contributed by atoms with Gasteiger partial charge in [0.15, 0.2) is 0 Å². The standard InChI is InChI=1S/C14H18BrN3O2/c1-10(11-3-2-4-12(15)7-11)17-8-14(20)18-6-5-16-13(19)9-18/h2-4,7,10,17H,5-6,8-9H2,1H3,(H,16,19)/t10-/m0/s1. The molecule has 1 aliphatic rings. The highest BCUT2D eigenvalue weighted by Crippen LogP contribution is 2.17. The minimum absolute atomic E-state index is 0.0401. The van der Waals surface area contributed by atoms with Crippen LogP contribution in [0.3, 0.4) is 0 Å². The summed E-state index contributed by atoms with van der Waals surface area (Å²) < 4.78 is 1.02. The fraction of sp³-hybridized carbons (Fsp3) is 0.429. The molecule has 20 heavy (non-hydrogen) atoms. The summed E-state index contributed by atoms with van der Waals surface area (Å²) in [7, 11) is 0. The van der Waals surface area contributed by atoms with Crippen molar-refractivity contribution in [3.05, 3.63) is 34.3 Å². The fourth-order valence-electron chi connectivity index (χ4n) is 2.10. The predicted molar refractivity (Wildman–Crippen MR) is 80.1 cm³/mol. The van der Waals surface area contributed by atoms with E-state index in [-0.39, 0.29) is 30.9 Å². The third-order valence-electron chi connectivity index (χ3n) is 3.30. The number of carbonyl (C=O) groups excluding carboxylic acids is 2. The van der Waals surface area contributed by atoms with Gasteiger partial charge >= 0.3 is 0 Å². The van der Waals surface area contributed by atoms with E-state index in [2.05, 4.69) is 26.6 Å². The van der Waals surface area contributed by atoms with E-state index in [0.29, 0.717) is 13.1 Å². The normalized spacial score (nSPS) is 16.7. The van der Waals surface area contributed by atoms with Crippen LogP contribution in [-0.4, -0.2) is 42.9 Å². The highest BCUT2D eigenvalue weighted by molar-refractivity contribution is 9.10. The quantitative estimate of drug-likeness (QED) is 0.862. The van der Waals surface area contributed by atoms with Gasteiger partial charge in [0.05, 0.1) is 13.1 Å². The number of nitrogens with one attached hydrogen (secondary N) is 2. The molecule has 108 valence electrons. The first-order chi connectivity index (χ1) is 9.56. The van der Waals surface area contributed by atoms with Crippen molar-refractivity contribution in [3.63, 3.8) is 0 Å². The molecule has 2 amide bonds. The molecule has 0 unspecified atom stereocenters. The number of carbonyl (C=O) groups is 2. The number of amides is 2. The molecule has 1 fully saturated rings. The Morgan fingerprint density at radius 3 is 3.05 bits per heavy atom. The molecule has 1 aliphatic heterocycles. The van der Waals surface area contributed by atoms with Crippen molar-refractivity contribution in [1.82, 2.24) is 15.5 Å². The van der Waals surface area contributed by atoms with Crippen LogP contribution >= 0.6 is 15.9 Å². The van der Waals surface area contributed by atoms with Crippen LogP contribution in [0.1, 0.15) is 18.5 Å². The Morgan fingerprint density at radius 1 is 1.55 bits per heavy atom. The van der Waals surface area contributed by atoms with Crippen molar-refractivity contribution in [2.75, 3.05) is 26.2 Å². The fourth-order valence-corrected chi connectivity index (χ4v) is 2.51. The molecule has 0 saturated carbocycles. The number of rotatable bonds is 4. The summed E-state index contributed by atoms with van der Waals surface area (Å²) in [5.74, 6) is -0.133. The molecular weight excluding hydrogens is 322 g/mol. The third-order valence-corrected chi connectivity index (χ3v) is 3.79. The van der Waals surface area contributed by atoms with Crippen molar-refractivity contribution < 1.29 is 9.59 Å². The van der Waals surface area contributed by atoms with Gasteiger partial charge in [0, 0.05) is 23.6 Å². The second-order valence-corrected chi connectivity index (χ2v) is 5.74. The maximum Gasteiger partial charge on any atom is 0.239 e. The zero-order chi connectivity index (χ0) is 14.5. The van der Waals surface area contributed by atoms with Gasteiger partial charge in [0.25, 0.3) is 0 Å². The molecule has 1 aromatic rings. The van der Waals surface area contributed by atoms with Crippen LogP contribution in [0.15, 0.2) is 28.7 Å².